The number of aromatic nitrogens is 1. The molecule has 0 spiro atoms. The topological polar surface area (TPSA) is 68.0 Å². The molecule has 0 aliphatic carbocycles. The highest BCUT2D eigenvalue weighted by Gasteiger charge is 2.00. The van der Waals surface area contributed by atoms with E-state index in [0.29, 0.717) is 13.0 Å². The molecule has 0 radical (unpaired) electrons. The second-order valence-electron chi connectivity index (χ2n) is 4.41. The summed E-state index contributed by atoms with van der Waals surface area (Å²) in [6, 6.07) is 3.94. The van der Waals surface area contributed by atoms with Crippen molar-refractivity contribution in [3.8, 4) is 0 Å². The summed E-state index contributed by atoms with van der Waals surface area (Å²) < 4.78 is 0. The monoisotopic (exact) mass is 249 g/mol. The fourth-order valence-electron chi connectivity index (χ4n) is 1.77. The molecule has 0 saturated carbocycles. The number of hydrogen-bond donors (Lipinski definition) is 2. The van der Waals surface area contributed by atoms with E-state index in [1.807, 2.05) is 12.1 Å². The van der Waals surface area contributed by atoms with Crippen LogP contribution in [0.25, 0.3) is 0 Å². The number of carbonyl (C=O) groups excluding carboxylic acids is 1. The van der Waals surface area contributed by atoms with Gasteiger partial charge in [0.2, 0.25) is 5.91 Å². The number of unbranched alkanes of at least 4 members (excludes halogenated alkanes) is 3. The molecular weight excluding hydrogens is 226 g/mol. The van der Waals surface area contributed by atoms with E-state index in [-0.39, 0.29) is 5.91 Å². The standard InChI is InChI=1S/C14H23N3O/c15-9-4-2-1-3-5-14(18)17-12-8-13-6-10-16-11-7-13/h6-7,10-11H,1-5,8-9,12,15H2,(H,17,18). The molecule has 1 amide bonds. The highest BCUT2D eigenvalue weighted by molar-refractivity contribution is 5.75. The summed E-state index contributed by atoms with van der Waals surface area (Å²) in [6.45, 7) is 1.45. The maximum absolute atomic E-state index is 11.5. The van der Waals surface area contributed by atoms with Crippen LogP contribution < -0.4 is 11.1 Å². The Balaban J connectivity index is 2.00. The molecule has 0 aliphatic rings. The van der Waals surface area contributed by atoms with Crippen molar-refractivity contribution in [2.75, 3.05) is 13.1 Å². The number of rotatable bonds is 9. The lowest BCUT2D eigenvalue weighted by Gasteiger charge is -2.05. The third-order valence-corrected chi connectivity index (χ3v) is 2.84. The lowest BCUT2D eigenvalue weighted by molar-refractivity contribution is -0.121. The molecule has 4 heteroatoms. The summed E-state index contributed by atoms with van der Waals surface area (Å²) in [7, 11) is 0. The summed E-state index contributed by atoms with van der Waals surface area (Å²) >= 11 is 0. The van der Waals surface area contributed by atoms with E-state index in [1.54, 1.807) is 12.4 Å². The minimum absolute atomic E-state index is 0.150. The number of amides is 1. The van der Waals surface area contributed by atoms with Crippen LogP contribution in [0.1, 0.15) is 37.7 Å². The van der Waals surface area contributed by atoms with E-state index in [2.05, 4.69) is 10.3 Å². The summed E-state index contributed by atoms with van der Waals surface area (Å²) in [6.07, 6.45) is 9.27. The van der Waals surface area contributed by atoms with E-state index < -0.39 is 0 Å². The second-order valence-corrected chi connectivity index (χ2v) is 4.41. The van der Waals surface area contributed by atoms with Gasteiger partial charge in [-0.05, 0) is 43.5 Å². The molecule has 1 aromatic heterocycles. The van der Waals surface area contributed by atoms with Crippen LogP contribution in [0.3, 0.4) is 0 Å². The zero-order chi connectivity index (χ0) is 13.1. The molecule has 0 bridgehead atoms. The SMILES string of the molecule is NCCCCCCC(=O)NCCc1ccncc1. The summed E-state index contributed by atoms with van der Waals surface area (Å²) in [5.41, 5.74) is 6.61. The molecule has 1 rings (SSSR count). The Kier molecular flexibility index (Phi) is 7.80. The molecule has 0 aromatic carbocycles. The average molecular weight is 249 g/mol. The van der Waals surface area contributed by atoms with Crippen molar-refractivity contribution in [3.63, 3.8) is 0 Å². The largest absolute Gasteiger partial charge is 0.356 e. The van der Waals surface area contributed by atoms with Crippen molar-refractivity contribution in [2.45, 2.75) is 38.5 Å². The molecular formula is C14H23N3O. The maximum atomic E-state index is 11.5. The molecule has 0 saturated heterocycles. The van der Waals surface area contributed by atoms with E-state index in [9.17, 15) is 4.79 Å². The number of pyridine rings is 1. The van der Waals surface area contributed by atoms with Gasteiger partial charge < -0.3 is 11.1 Å². The van der Waals surface area contributed by atoms with Crippen molar-refractivity contribution in [3.05, 3.63) is 30.1 Å². The molecule has 0 fully saturated rings. The highest BCUT2D eigenvalue weighted by Crippen LogP contribution is 2.02. The lowest BCUT2D eigenvalue weighted by atomic mass is 10.1. The van der Waals surface area contributed by atoms with Gasteiger partial charge in [0.05, 0.1) is 0 Å². The Bertz CT molecular complexity index is 327. The minimum atomic E-state index is 0.150. The van der Waals surface area contributed by atoms with Gasteiger partial charge in [-0.15, -0.1) is 0 Å². The number of nitrogens with two attached hydrogens (primary N) is 1. The first-order chi connectivity index (χ1) is 8.83. The first-order valence-corrected chi connectivity index (χ1v) is 6.68. The lowest BCUT2D eigenvalue weighted by Crippen LogP contribution is -2.25. The number of carbonyl (C=O) groups is 1. The van der Waals surface area contributed by atoms with Gasteiger partial charge in [0, 0.05) is 25.4 Å². The van der Waals surface area contributed by atoms with Gasteiger partial charge in [0.1, 0.15) is 0 Å². The molecule has 0 aliphatic heterocycles. The molecule has 0 unspecified atom stereocenters. The van der Waals surface area contributed by atoms with E-state index in [0.717, 1.165) is 38.6 Å². The maximum Gasteiger partial charge on any atom is 0.220 e. The van der Waals surface area contributed by atoms with Crippen LogP contribution in [-0.2, 0) is 11.2 Å². The van der Waals surface area contributed by atoms with Crippen molar-refractivity contribution >= 4 is 5.91 Å². The first-order valence-electron chi connectivity index (χ1n) is 6.68. The first kappa shape index (κ1) is 14.6. The highest BCUT2D eigenvalue weighted by atomic mass is 16.1. The molecule has 100 valence electrons. The second kappa shape index (κ2) is 9.59. The van der Waals surface area contributed by atoms with Crippen LogP contribution in [0.5, 0.6) is 0 Å². The molecule has 0 atom stereocenters. The van der Waals surface area contributed by atoms with E-state index in [4.69, 9.17) is 5.73 Å². The third-order valence-electron chi connectivity index (χ3n) is 2.84. The summed E-state index contributed by atoms with van der Waals surface area (Å²) in [5.74, 6) is 0.150. The fourth-order valence-corrected chi connectivity index (χ4v) is 1.77. The van der Waals surface area contributed by atoms with Gasteiger partial charge in [0.15, 0.2) is 0 Å². The van der Waals surface area contributed by atoms with Crippen LogP contribution in [0, 0.1) is 0 Å². The van der Waals surface area contributed by atoms with Crippen molar-refractivity contribution < 1.29 is 4.79 Å². The number of hydrogen-bond acceptors (Lipinski definition) is 3. The predicted molar refractivity (Wildman–Crippen MR) is 73.1 cm³/mol. The normalized spacial score (nSPS) is 10.3. The van der Waals surface area contributed by atoms with Crippen molar-refractivity contribution in [1.29, 1.82) is 0 Å². The van der Waals surface area contributed by atoms with Crippen molar-refractivity contribution in [1.82, 2.24) is 10.3 Å². The number of nitrogens with one attached hydrogen (secondary N) is 1. The van der Waals surface area contributed by atoms with E-state index in [1.165, 1.54) is 5.56 Å². The molecule has 1 aromatic rings. The zero-order valence-electron chi connectivity index (χ0n) is 10.9. The third kappa shape index (κ3) is 7.01. The molecule has 4 nitrogen and oxygen atoms in total. The van der Waals surface area contributed by atoms with E-state index >= 15 is 0 Å². The minimum Gasteiger partial charge on any atom is -0.356 e. The van der Waals surface area contributed by atoms with Crippen molar-refractivity contribution in [2.24, 2.45) is 5.73 Å². The van der Waals surface area contributed by atoms with Gasteiger partial charge in [-0.3, -0.25) is 9.78 Å². The zero-order valence-corrected chi connectivity index (χ0v) is 10.9. The van der Waals surface area contributed by atoms with Crippen LogP contribution in [0.2, 0.25) is 0 Å². The smallest absolute Gasteiger partial charge is 0.220 e. The quantitative estimate of drug-likeness (QED) is 0.654. The molecule has 1 heterocycles. The van der Waals surface area contributed by atoms with Gasteiger partial charge in [-0.2, -0.15) is 0 Å². The van der Waals surface area contributed by atoms with Crippen LogP contribution in [-0.4, -0.2) is 24.0 Å². The Morgan fingerprint density at radius 2 is 1.89 bits per heavy atom. The molecule has 3 N–H and O–H groups in total. The Morgan fingerprint density at radius 1 is 1.17 bits per heavy atom. The summed E-state index contributed by atoms with van der Waals surface area (Å²) in [4.78, 5) is 15.5. The summed E-state index contributed by atoms with van der Waals surface area (Å²) in [5, 5.41) is 2.94. The average Bonchev–Trinajstić information content (AvgIpc) is 2.40. The van der Waals surface area contributed by atoms with Crippen LogP contribution in [0.15, 0.2) is 24.5 Å². The Morgan fingerprint density at radius 3 is 2.61 bits per heavy atom. The van der Waals surface area contributed by atoms with Crippen LogP contribution >= 0.6 is 0 Å². The fraction of sp³-hybridized carbons (Fsp3) is 0.571. The predicted octanol–water partition coefficient (Wildman–Crippen LogP) is 1.65. The van der Waals surface area contributed by atoms with Gasteiger partial charge >= 0.3 is 0 Å². The van der Waals surface area contributed by atoms with Gasteiger partial charge in [0.25, 0.3) is 0 Å². The number of nitrogens with zero attached hydrogens (tertiary/aromatic N) is 1. The van der Waals surface area contributed by atoms with Gasteiger partial charge in [-0.1, -0.05) is 12.8 Å². The Hall–Kier alpha value is -1.42. The van der Waals surface area contributed by atoms with Gasteiger partial charge in [-0.25, -0.2) is 0 Å². The Labute approximate surface area is 109 Å². The molecule has 18 heavy (non-hydrogen) atoms. The van der Waals surface area contributed by atoms with Crippen LogP contribution in [0.4, 0.5) is 0 Å².